The molecular weight excluding hydrogens is 122 g/mol. The summed E-state index contributed by atoms with van der Waals surface area (Å²) in [5.41, 5.74) is 0. The first-order valence-electron chi connectivity index (χ1n) is 2.62. The molecule has 0 aliphatic carbocycles. The van der Waals surface area contributed by atoms with Crippen LogP contribution in [0.4, 0.5) is 0 Å². The predicted molar refractivity (Wildman–Crippen MR) is 35.0 cm³/mol. The van der Waals surface area contributed by atoms with E-state index in [1.54, 1.807) is 11.9 Å². The Morgan fingerprint density at radius 2 is 2.50 bits per heavy atom. The van der Waals surface area contributed by atoms with Crippen molar-refractivity contribution < 1.29 is 4.79 Å². The highest BCUT2D eigenvalue weighted by atomic mass is 32.1. The average molecular weight is 131 g/mol. The minimum absolute atomic E-state index is 0.213. The van der Waals surface area contributed by atoms with Crippen LogP contribution in [-0.4, -0.2) is 29.6 Å². The van der Waals surface area contributed by atoms with Crippen LogP contribution < -0.4 is 0 Å². The Balaban J connectivity index is 2.51. The summed E-state index contributed by atoms with van der Waals surface area (Å²) < 4.78 is 0. The monoisotopic (exact) mass is 131 g/mol. The van der Waals surface area contributed by atoms with E-state index >= 15 is 0 Å². The van der Waals surface area contributed by atoms with E-state index in [1.807, 2.05) is 0 Å². The number of carbonyl (C=O) groups excluding carboxylic acids is 1. The van der Waals surface area contributed by atoms with Crippen molar-refractivity contribution in [3.63, 3.8) is 0 Å². The zero-order valence-electron chi connectivity index (χ0n) is 4.79. The molecule has 46 valence electrons. The van der Waals surface area contributed by atoms with Gasteiger partial charge in [-0.15, -0.1) is 0 Å². The summed E-state index contributed by atoms with van der Waals surface area (Å²) in [6.45, 7) is 0.807. The SMILES string of the molecule is CN1CC(S)CC1=O. The molecule has 0 bridgehead atoms. The van der Waals surface area contributed by atoms with Crippen LogP contribution in [0.2, 0.25) is 0 Å². The van der Waals surface area contributed by atoms with E-state index in [4.69, 9.17) is 0 Å². The van der Waals surface area contributed by atoms with E-state index in [0.717, 1.165) is 6.54 Å². The predicted octanol–water partition coefficient (Wildman–Crippen LogP) is 0.147. The largest absolute Gasteiger partial charge is 0.345 e. The summed E-state index contributed by atoms with van der Waals surface area (Å²) in [4.78, 5) is 12.4. The molecule has 0 aromatic rings. The Hall–Kier alpha value is -0.180. The lowest BCUT2D eigenvalue weighted by atomic mass is 10.4. The van der Waals surface area contributed by atoms with Gasteiger partial charge in [-0.05, 0) is 0 Å². The minimum Gasteiger partial charge on any atom is -0.345 e. The third-order valence-electron chi connectivity index (χ3n) is 1.32. The van der Waals surface area contributed by atoms with Crippen LogP contribution in [0.3, 0.4) is 0 Å². The smallest absolute Gasteiger partial charge is 0.223 e. The van der Waals surface area contributed by atoms with E-state index < -0.39 is 0 Å². The third-order valence-corrected chi connectivity index (χ3v) is 1.67. The van der Waals surface area contributed by atoms with Gasteiger partial charge in [0.15, 0.2) is 0 Å². The second-order valence-electron chi connectivity index (χ2n) is 2.13. The Labute approximate surface area is 54.3 Å². The van der Waals surface area contributed by atoms with Crippen LogP contribution in [-0.2, 0) is 4.79 Å². The van der Waals surface area contributed by atoms with Crippen molar-refractivity contribution in [2.24, 2.45) is 0 Å². The summed E-state index contributed by atoms with van der Waals surface area (Å²) in [5, 5.41) is 0.271. The lowest BCUT2D eigenvalue weighted by molar-refractivity contribution is -0.126. The summed E-state index contributed by atoms with van der Waals surface area (Å²) in [7, 11) is 1.80. The molecule has 1 aliphatic heterocycles. The number of rotatable bonds is 0. The minimum atomic E-state index is 0.213. The van der Waals surface area contributed by atoms with Crippen LogP contribution in [0, 0.1) is 0 Å². The van der Waals surface area contributed by atoms with Crippen molar-refractivity contribution in [3.8, 4) is 0 Å². The molecule has 1 heterocycles. The molecule has 1 fully saturated rings. The first-order valence-corrected chi connectivity index (χ1v) is 3.14. The van der Waals surface area contributed by atoms with E-state index in [2.05, 4.69) is 12.6 Å². The Morgan fingerprint density at radius 1 is 1.88 bits per heavy atom. The van der Waals surface area contributed by atoms with Gasteiger partial charge in [0, 0.05) is 25.3 Å². The fourth-order valence-corrected chi connectivity index (χ4v) is 1.24. The summed E-state index contributed by atoms with van der Waals surface area (Å²) >= 11 is 4.15. The van der Waals surface area contributed by atoms with Crippen molar-refractivity contribution in [1.82, 2.24) is 4.90 Å². The number of hydrogen-bond acceptors (Lipinski definition) is 2. The fraction of sp³-hybridized carbons (Fsp3) is 0.800. The molecule has 0 aromatic carbocycles. The highest BCUT2D eigenvalue weighted by Crippen LogP contribution is 2.12. The van der Waals surface area contributed by atoms with Gasteiger partial charge < -0.3 is 4.90 Å². The second kappa shape index (κ2) is 1.97. The van der Waals surface area contributed by atoms with Gasteiger partial charge in [-0.1, -0.05) is 0 Å². The zero-order valence-corrected chi connectivity index (χ0v) is 5.69. The van der Waals surface area contributed by atoms with Gasteiger partial charge in [0.1, 0.15) is 0 Å². The van der Waals surface area contributed by atoms with Crippen molar-refractivity contribution in [2.75, 3.05) is 13.6 Å². The average Bonchev–Trinajstić information content (AvgIpc) is 1.85. The van der Waals surface area contributed by atoms with Crippen LogP contribution in [0.15, 0.2) is 0 Å². The highest BCUT2D eigenvalue weighted by Gasteiger charge is 2.22. The summed E-state index contributed by atoms with van der Waals surface area (Å²) in [5.74, 6) is 0.213. The Kier molecular flexibility index (Phi) is 1.47. The van der Waals surface area contributed by atoms with Gasteiger partial charge in [0.05, 0.1) is 0 Å². The van der Waals surface area contributed by atoms with Gasteiger partial charge in [0.25, 0.3) is 0 Å². The molecule has 0 aromatic heterocycles. The number of nitrogens with zero attached hydrogens (tertiary/aromatic N) is 1. The van der Waals surface area contributed by atoms with E-state index in [-0.39, 0.29) is 11.2 Å². The molecule has 1 atom stereocenters. The second-order valence-corrected chi connectivity index (χ2v) is 2.86. The lowest BCUT2D eigenvalue weighted by Gasteiger charge is -2.04. The van der Waals surface area contributed by atoms with Gasteiger partial charge in [-0.3, -0.25) is 4.79 Å². The molecule has 8 heavy (non-hydrogen) atoms. The standard InChI is InChI=1S/C5H9NOS/c1-6-3-4(8)2-5(6)7/h4,8H,2-3H2,1H3. The number of likely N-dealkylation sites (tertiary alicyclic amines) is 1. The number of carbonyl (C=O) groups is 1. The van der Waals surface area contributed by atoms with Crippen molar-refractivity contribution in [3.05, 3.63) is 0 Å². The molecule has 1 aliphatic rings. The van der Waals surface area contributed by atoms with Gasteiger partial charge in [-0.25, -0.2) is 0 Å². The van der Waals surface area contributed by atoms with Gasteiger partial charge >= 0.3 is 0 Å². The van der Waals surface area contributed by atoms with Crippen LogP contribution in [0.5, 0.6) is 0 Å². The molecule has 1 amide bonds. The first-order chi connectivity index (χ1) is 3.70. The molecule has 3 heteroatoms. The quantitative estimate of drug-likeness (QED) is 0.464. The molecule has 0 radical (unpaired) electrons. The maximum Gasteiger partial charge on any atom is 0.223 e. The van der Waals surface area contributed by atoms with Crippen LogP contribution >= 0.6 is 12.6 Å². The lowest BCUT2D eigenvalue weighted by Crippen LogP contribution is -2.18. The van der Waals surface area contributed by atoms with Crippen molar-refractivity contribution in [2.45, 2.75) is 11.7 Å². The molecule has 0 N–H and O–H groups in total. The van der Waals surface area contributed by atoms with Crippen LogP contribution in [0.25, 0.3) is 0 Å². The van der Waals surface area contributed by atoms with Gasteiger partial charge in [0.2, 0.25) is 5.91 Å². The molecule has 2 nitrogen and oxygen atoms in total. The van der Waals surface area contributed by atoms with E-state index in [9.17, 15) is 4.79 Å². The van der Waals surface area contributed by atoms with Crippen LogP contribution in [0.1, 0.15) is 6.42 Å². The highest BCUT2D eigenvalue weighted by molar-refractivity contribution is 7.81. The van der Waals surface area contributed by atoms with Crippen molar-refractivity contribution >= 4 is 18.5 Å². The van der Waals surface area contributed by atoms with E-state index in [1.165, 1.54) is 0 Å². The molecule has 0 saturated carbocycles. The molecule has 1 rings (SSSR count). The normalized spacial score (nSPS) is 29.5. The van der Waals surface area contributed by atoms with Crippen molar-refractivity contribution in [1.29, 1.82) is 0 Å². The summed E-state index contributed by atoms with van der Waals surface area (Å²) in [6.07, 6.45) is 0.611. The topological polar surface area (TPSA) is 20.3 Å². The van der Waals surface area contributed by atoms with Gasteiger partial charge in [-0.2, -0.15) is 12.6 Å². The van der Waals surface area contributed by atoms with E-state index in [0.29, 0.717) is 6.42 Å². The maximum absolute atomic E-state index is 10.7. The third kappa shape index (κ3) is 0.968. The number of amides is 1. The number of thiol groups is 1. The Morgan fingerprint density at radius 3 is 2.62 bits per heavy atom. The number of hydrogen-bond donors (Lipinski definition) is 1. The zero-order chi connectivity index (χ0) is 6.15. The molecular formula is C5H9NOS. The molecule has 1 unspecified atom stereocenters. The molecule has 1 saturated heterocycles. The maximum atomic E-state index is 10.7. The fourth-order valence-electron chi connectivity index (χ4n) is 0.840. The summed E-state index contributed by atoms with van der Waals surface area (Å²) in [6, 6.07) is 0. The Bertz CT molecular complexity index is 115. The molecule has 0 spiro atoms. The first kappa shape index (κ1) is 5.95.